The number of aromatic carboxylic acids is 1. The lowest BCUT2D eigenvalue weighted by Gasteiger charge is -2.30. The molecular weight excluding hydrogens is 264 g/mol. The summed E-state index contributed by atoms with van der Waals surface area (Å²) in [5.41, 5.74) is 0.993. The summed E-state index contributed by atoms with van der Waals surface area (Å²) >= 11 is 0. The van der Waals surface area contributed by atoms with Crippen LogP contribution in [0, 0.1) is 5.92 Å². The first-order valence-electron chi connectivity index (χ1n) is 7.71. The number of carboxylic acid groups (broad SMARTS) is 1. The molecule has 0 aromatic carbocycles. The monoisotopic (exact) mass is 290 g/mol. The Balaban J connectivity index is 2.44. The predicted molar refractivity (Wildman–Crippen MR) is 85.1 cm³/mol. The molecule has 0 unspecified atom stereocenters. The van der Waals surface area contributed by atoms with Gasteiger partial charge in [-0.1, -0.05) is 20.8 Å². The average Bonchev–Trinajstić information content (AvgIpc) is 3.17. The number of aromatic nitrogens is 1. The Morgan fingerprint density at radius 3 is 2.43 bits per heavy atom. The molecule has 0 atom stereocenters. The molecule has 0 saturated heterocycles. The summed E-state index contributed by atoms with van der Waals surface area (Å²) in [5.74, 6) is 0.641. The third-order valence-corrected chi connectivity index (χ3v) is 3.90. The number of carboxylic acids is 1. The molecule has 1 aliphatic carbocycles. The normalized spacial score (nSPS) is 15.3. The number of pyridine rings is 1. The molecule has 1 heterocycles. The highest BCUT2D eigenvalue weighted by atomic mass is 16.4. The quantitative estimate of drug-likeness (QED) is 0.898. The highest BCUT2D eigenvalue weighted by Crippen LogP contribution is 2.33. The number of hydrogen-bond acceptors (Lipinski definition) is 3. The van der Waals surface area contributed by atoms with Gasteiger partial charge in [0, 0.05) is 23.7 Å². The molecule has 21 heavy (non-hydrogen) atoms. The van der Waals surface area contributed by atoms with E-state index in [1.807, 2.05) is 0 Å². The first kappa shape index (κ1) is 15.8. The number of anilines is 1. The molecule has 116 valence electrons. The third-order valence-electron chi connectivity index (χ3n) is 3.90. The van der Waals surface area contributed by atoms with Crippen molar-refractivity contribution >= 4 is 11.8 Å². The largest absolute Gasteiger partial charge is 0.478 e. The van der Waals surface area contributed by atoms with Gasteiger partial charge in [0.1, 0.15) is 5.82 Å². The van der Waals surface area contributed by atoms with E-state index < -0.39 is 5.97 Å². The Labute approximate surface area is 127 Å². The molecular formula is C17H26N2O2. The predicted octanol–water partition coefficient (Wildman–Crippen LogP) is 3.70. The maximum atomic E-state index is 11.4. The molecule has 0 amide bonds. The molecule has 1 aliphatic rings. The van der Waals surface area contributed by atoms with Crippen molar-refractivity contribution in [1.82, 2.24) is 4.98 Å². The molecule has 0 radical (unpaired) electrons. The van der Waals surface area contributed by atoms with Crippen LogP contribution in [0.25, 0.3) is 0 Å². The Bertz CT molecular complexity index is 528. The van der Waals surface area contributed by atoms with Crippen molar-refractivity contribution in [3.8, 4) is 0 Å². The van der Waals surface area contributed by atoms with Crippen LogP contribution < -0.4 is 4.90 Å². The second-order valence-electron chi connectivity index (χ2n) is 7.34. The number of nitrogens with zero attached hydrogens (tertiary/aromatic N) is 2. The van der Waals surface area contributed by atoms with Crippen LogP contribution in [0.3, 0.4) is 0 Å². The zero-order valence-corrected chi connectivity index (χ0v) is 13.7. The van der Waals surface area contributed by atoms with Gasteiger partial charge < -0.3 is 10.0 Å². The van der Waals surface area contributed by atoms with Gasteiger partial charge >= 0.3 is 5.97 Å². The van der Waals surface area contributed by atoms with E-state index in [4.69, 9.17) is 4.98 Å². The maximum absolute atomic E-state index is 11.4. The summed E-state index contributed by atoms with van der Waals surface area (Å²) in [6, 6.07) is 3.72. The average molecular weight is 290 g/mol. The summed E-state index contributed by atoms with van der Waals surface area (Å²) < 4.78 is 0. The fourth-order valence-electron chi connectivity index (χ4n) is 2.32. The van der Waals surface area contributed by atoms with Crippen LogP contribution >= 0.6 is 0 Å². The van der Waals surface area contributed by atoms with Gasteiger partial charge in [0.2, 0.25) is 0 Å². The molecule has 4 nitrogen and oxygen atoms in total. The summed E-state index contributed by atoms with van der Waals surface area (Å²) in [6.45, 7) is 11.4. The lowest BCUT2D eigenvalue weighted by atomic mass is 9.90. The number of carbonyl (C=O) groups is 1. The van der Waals surface area contributed by atoms with Crippen molar-refractivity contribution in [2.24, 2.45) is 5.92 Å². The Morgan fingerprint density at radius 2 is 2.00 bits per heavy atom. The SMILES string of the molecule is CC(C)N(CC1CC1)c1cc(C(=O)O)cc(C(C)(C)C)n1. The van der Waals surface area contributed by atoms with Gasteiger partial charge in [-0.15, -0.1) is 0 Å². The van der Waals surface area contributed by atoms with Gasteiger partial charge in [-0.05, 0) is 44.7 Å². The van der Waals surface area contributed by atoms with Crippen molar-refractivity contribution in [2.75, 3.05) is 11.4 Å². The van der Waals surface area contributed by atoms with Crippen LogP contribution in [0.5, 0.6) is 0 Å². The van der Waals surface area contributed by atoms with E-state index in [1.165, 1.54) is 12.8 Å². The zero-order valence-electron chi connectivity index (χ0n) is 13.7. The van der Waals surface area contributed by atoms with E-state index >= 15 is 0 Å². The molecule has 0 aliphatic heterocycles. The topological polar surface area (TPSA) is 53.4 Å². The lowest BCUT2D eigenvalue weighted by molar-refractivity contribution is 0.0696. The van der Waals surface area contributed by atoms with Crippen LogP contribution in [0.15, 0.2) is 12.1 Å². The zero-order chi connectivity index (χ0) is 15.8. The lowest BCUT2D eigenvalue weighted by Crippen LogP contribution is -2.34. The first-order valence-corrected chi connectivity index (χ1v) is 7.71. The molecule has 0 spiro atoms. The third kappa shape index (κ3) is 3.96. The molecule has 4 heteroatoms. The summed E-state index contributed by atoms with van der Waals surface area (Å²) in [5, 5.41) is 9.37. The van der Waals surface area contributed by atoms with E-state index in [0.717, 1.165) is 24.0 Å². The first-order chi connectivity index (χ1) is 9.68. The van der Waals surface area contributed by atoms with E-state index in [0.29, 0.717) is 11.6 Å². The van der Waals surface area contributed by atoms with Crippen molar-refractivity contribution in [3.63, 3.8) is 0 Å². The van der Waals surface area contributed by atoms with E-state index in [9.17, 15) is 9.90 Å². The van der Waals surface area contributed by atoms with Gasteiger partial charge in [0.25, 0.3) is 0 Å². The summed E-state index contributed by atoms with van der Waals surface area (Å²) in [6.07, 6.45) is 2.54. The van der Waals surface area contributed by atoms with Gasteiger partial charge in [-0.25, -0.2) is 9.78 Å². The smallest absolute Gasteiger partial charge is 0.335 e. The molecule has 1 aromatic heterocycles. The highest BCUT2D eigenvalue weighted by molar-refractivity contribution is 5.88. The standard InChI is InChI=1S/C17H26N2O2/c1-11(2)19(10-12-6-7-12)15-9-13(16(20)21)8-14(18-15)17(3,4)5/h8-9,11-12H,6-7,10H2,1-5H3,(H,20,21). The molecule has 1 fully saturated rings. The van der Waals surface area contributed by atoms with Crippen molar-refractivity contribution < 1.29 is 9.90 Å². The summed E-state index contributed by atoms with van der Waals surface area (Å²) in [4.78, 5) is 18.4. The van der Waals surface area contributed by atoms with Crippen LogP contribution in [-0.2, 0) is 5.41 Å². The fourth-order valence-corrected chi connectivity index (χ4v) is 2.32. The van der Waals surface area contributed by atoms with Crippen LogP contribution in [0.2, 0.25) is 0 Å². The minimum absolute atomic E-state index is 0.164. The van der Waals surface area contributed by atoms with Crippen LogP contribution in [0.1, 0.15) is 63.5 Å². The van der Waals surface area contributed by atoms with Gasteiger partial charge in [0.15, 0.2) is 0 Å². The summed E-state index contributed by atoms with van der Waals surface area (Å²) in [7, 11) is 0. The van der Waals surface area contributed by atoms with Crippen molar-refractivity contribution in [3.05, 3.63) is 23.4 Å². The number of hydrogen-bond donors (Lipinski definition) is 1. The Kier molecular flexibility index (Phi) is 4.26. The molecule has 0 bridgehead atoms. The maximum Gasteiger partial charge on any atom is 0.335 e. The second-order valence-corrected chi connectivity index (χ2v) is 7.34. The molecule has 1 saturated carbocycles. The van der Waals surface area contributed by atoms with E-state index in [1.54, 1.807) is 12.1 Å². The Morgan fingerprint density at radius 1 is 1.38 bits per heavy atom. The minimum Gasteiger partial charge on any atom is -0.478 e. The second kappa shape index (κ2) is 5.66. The highest BCUT2D eigenvalue weighted by Gasteiger charge is 2.28. The van der Waals surface area contributed by atoms with Crippen molar-refractivity contribution in [2.45, 2.75) is 58.9 Å². The van der Waals surface area contributed by atoms with Gasteiger partial charge in [-0.2, -0.15) is 0 Å². The van der Waals surface area contributed by atoms with E-state index in [-0.39, 0.29) is 5.41 Å². The molecule has 2 rings (SSSR count). The number of rotatable bonds is 5. The van der Waals surface area contributed by atoms with E-state index in [2.05, 4.69) is 39.5 Å². The fraction of sp³-hybridized carbons (Fsp3) is 0.647. The van der Waals surface area contributed by atoms with Crippen LogP contribution in [-0.4, -0.2) is 28.6 Å². The van der Waals surface area contributed by atoms with Gasteiger partial charge in [0.05, 0.1) is 5.56 Å². The van der Waals surface area contributed by atoms with Crippen LogP contribution in [0.4, 0.5) is 5.82 Å². The molecule has 1 aromatic rings. The molecule has 1 N–H and O–H groups in total. The Hall–Kier alpha value is -1.58. The minimum atomic E-state index is -0.890. The van der Waals surface area contributed by atoms with Gasteiger partial charge in [-0.3, -0.25) is 0 Å². The van der Waals surface area contributed by atoms with Crippen molar-refractivity contribution in [1.29, 1.82) is 0 Å².